The van der Waals surface area contributed by atoms with Crippen LogP contribution in [0.25, 0.3) is 0 Å². The van der Waals surface area contributed by atoms with Gasteiger partial charge in [0.05, 0.1) is 6.42 Å². The predicted octanol–water partition coefficient (Wildman–Crippen LogP) is 3.28. The van der Waals surface area contributed by atoms with E-state index in [2.05, 4.69) is 22.3 Å². The molecule has 0 saturated carbocycles. The van der Waals surface area contributed by atoms with Crippen LogP contribution in [0.5, 0.6) is 0 Å². The minimum Gasteiger partial charge on any atom is -0.372 e. The fourth-order valence-corrected chi connectivity index (χ4v) is 2.88. The number of carbonyl (C=O) groups is 1. The number of benzene rings is 2. The first-order chi connectivity index (χ1) is 11.2. The molecule has 0 unspecified atom stereocenters. The largest absolute Gasteiger partial charge is 0.372 e. The molecule has 0 bridgehead atoms. The van der Waals surface area contributed by atoms with Crippen molar-refractivity contribution in [2.75, 3.05) is 18.0 Å². The van der Waals surface area contributed by atoms with E-state index < -0.39 is 0 Å². The molecule has 1 amide bonds. The van der Waals surface area contributed by atoms with Crippen LogP contribution in [-0.4, -0.2) is 19.0 Å². The van der Waals surface area contributed by atoms with Gasteiger partial charge in [0.25, 0.3) is 0 Å². The third-order valence-electron chi connectivity index (χ3n) is 4.21. The van der Waals surface area contributed by atoms with E-state index >= 15 is 0 Å². The topological polar surface area (TPSA) is 32.3 Å². The molecular weight excluding hydrogens is 291 g/mol. The van der Waals surface area contributed by atoms with Crippen molar-refractivity contribution in [1.29, 1.82) is 0 Å². The summed E-state index contributed by atoms with van der Waals surface area (Å²) in [5, 5.41) is 2.77. The average Bonchev–Trinajstić information content (AvgIpc) is 3.09. The molecule has 1 N–H and O–H groups in total. The van der Waals surface area contributed by atoms with Gasteiger partial charge in [0.15, 0.2) is 0 Å². The highest BCUT2D eigenvalue weighted by atomic mass is 19.1. The summed E-state index contributed by atoms with van der Waals surface area (Å²) in [5.74, 6) is -0.384. The Balaban J connectivity index is 1.52. The fraction of sp³-hybridized carbons (Fsp3) is 0.316. The Kier molecular flexibility index (Phi) is 4.91. The van der Waals surface area contributed by atoms with E-state index in [4.69, 9.17) is 0 Å². The molecule has 120 valence electrons. The zero-order valence-electron chi connectivity index (χ0n) is 13.1. The molecule has 1 heterocycles. The van der Waals surface area contributed by atoms with E-state index in [1.54, 1.807) is 18.2 Å². The smallest absolute Gasteiger partial charge is 0.224 e. The van der Waals surface area contributed by atoms with E-state index in [1.165, 1.54) is 24.6 Å². The normalized spacial score (nSPS) is 14.0. The maximum absolute atomic E-state index is 13.5. The number of anilines is 1. The molecule has 1 saturated heterocycles. The summed E-state index contributed by atoms with van der Waals surface area (Å²) in [4.78, 5) is 14.4. The maximum Gasteiger partial charge on any atom is 0.224 e. The van der Waals surface area contributed by atoms with Gasteiger partial charge in [-0.3, -0.25) is 4.79 Å². The molecule has 3 nitrogen and oxygen atoms in total. The standard InChI is InChI=1S/C19H21FN2O/c20-18-6-2-1-5-16(18)14-21-19(23)13-15-7-9-17(10-8-15)22-11-3-4-12-22/h1-2,5-10H,3-4,11-14H2,(H,21,23). The lowest BCUT2D eigenvalue weighted by molar-refractivity contribution is -0.120. The zero-order chi connectivity index (χ0) is 16.1. The van der Waals surface area contributed by atoms with Crippen LogP contribution in [0.1, 0.15) is 24.0 Å². The minimum atomic E-state index is -0.289. The van der Waals surface area contributed by atoms with Crippen molar-refractivity contribution >= 4 is 11.6 Å². The fourth-order valence-electron chi connectivity index (χ4n) is 2.88. The van der Waals surface area contributed by atoms with Gasteiger partial charge < -0.3 is 10.2 Å². The molecule has 2 aromatic carbocycles. The molecule has 0 spiro atoms. The monoisotopic (exact) mass is 312 g/mol. The summed E-state index contributed by atoms with van der Waals surface area (Å²) in [6.07, 6.45) is 2.81. The van der Waals surface area contributed by atoms with Crippen molar-refractivity contribution in [3.8, 4) is 0 Å². The van der Waals surface area contributed by atoms with Crippen molar-refractivity contribution in [2.45, 2.75) is 25.8 Å². The third-order valence-corrected chi connectivity index (χ3v) is 4.21. The van der Waals surface area contributed by atoms with Gasteiger partial charge >= 0.3 is 0 Å². The van der Waals surface area contributed by atoms with Crippen molar-refractivity contribution in [3.63, 3.8) is 0 Å². The van der Waals surface area contributed by atoms with Crippen LogP contribution in [0.2, 0.25) is 0 Å². The molecule has 3 rings (SSSR count). The van der Waals surface area contributed by atoms with Gasteiger partial charge in [-0.1, -0.05) is 30.3 Å². The van der Waals surface area contributed by atoms with Gasteiger partial charge in [-0.15, -0.1) is 0 Å². The Labute approximate surface area is 136 Å². The van der Waals surface area contributed by atoms with Crippen LogP contribution in [0.15, 0.2) is 48.5 Å². The number of nitrogens with zero attached hydrogens (tertiary/aromatic N) is 1. The Hall–Kier alpha value is -2.36. The lowest BCUT2D eigenvalue weighted by Gasteiger charge is -2.17. The summed E-state index contributed by atoms with van der Waals surface area (Å²) in [5.41, 5.74) is 2.70. The lowest BCUT2D eigenvalue weighted by Crippen LogP contribution is -2.25. The second-order valence-electron chi connectivity index (χ2n) is 5.91. The first-order valence-electron chi connectivity index (χ1n) is 8.06. The number of amides is 1. The van der Waals surface area contributed by atoms with E-state index in [9.17, 15) is 9.18 Å². The molecule has 0 aromatic heterocycles. The summed E-state index contributed by atoms with van der Waals surface area (Å²) in [7, 11) is 0. The van der Waals surface area contributed by atoms with Crippen molar-refractivity contribution < 1.29 is 9.18 Å². The Morgan fingerprint density at radius 1 is 1.04 bits per heavy atom. The molecule has 4 heteroatoms. The Morgan fingerprint density at radius 3 is 2.43 bits per heavy atom. The summed E-state index contributed by atoms with van der Waals surface area (Å²) in [6.45, 7) is 2.45. The van der Waals surface area contributed by atoms with Gasteiger partial charge in [-0.2, -0.15) is 0 Å². The molecule has 23 heavy (non-hydrogen) atoms. The van der Waals surface area contributed by atoms with E-state index in [-0.39, 0.29) is 18.3 Å². The van der Waals surface area contributed by atoms with Crippen molar-refractivity contribution in [3.05, 3.63) is 65.5 Å². The lowest BCUT2D eigenvalue weighted by atomic mass is 10.1. The van der Waals surface area contributed by atoms with Gasteiger partial charge in [0.2, 0.25) is 5.91 Å². The number of carbonyl (C=O) groups excluding carboxylic acids is 1. The molecule has 0 radical (unpaired) electrons. The highest BCUT2D eigenvalue weighted by Gasteiger charge is 2.12. The number of hydrogen-bond acceptors (Lipinski definition) is 2. The number of hydrogen-bond donors (Lipinski definition) is 1. The van der Waals surface area contributed by atoms with Crippen LogP contribution < -0.4 is 10.2 Å². The summed E-state index contributed by atoms with van der Waals surface area (Å²) in [6, 6.07) is 14.6. The molecular formula is C19H21FN2O. The second-order valence-corrected chi connectivity index (χ2v) is 5.91. The van der Waals surface area contributed by atoms with Gasteiger partial charge in [0.1, 0.15) is 5.82 Å². The van der Waals surface area contributed by atoms with E-state index in [0.29, 0.717) is 12.0 Å². The Morgan fingerprint density at radius 2 is 1.74 bits per heavy atom. The molecule has 1 aliphatic heterocycles. The molecule has 0 atom stereocenters. The minimum absolute atomic E-state index is 0.0952. The highest BCUT2D eigenvalue weighted by Crippen LogP contribution is 2.20. The summed E-state index contributed by atoms with van der Waals surface area (Å²) < 4.78 is 13.5. The van der Waals surface area contributed by atoms with Gasteiger partial charge in [-0.05, 0) is 36.6 Å². The molecule has 1 aliphatic rings. The average molecular weight is 312 g/mol. The zero-order valence-corrected chi connectivity index (χ0v) is 13.1. The van der Waals surface area contributed by atoms with Crippen LogP contribution in [0.4, 0.5) is 10.1 Å². The van der Waals surface area contributed by atoms with Crippen LogP contribution in [-0.2, 0) is 17.8 Å². The van der Waals surface area contributed by atoms with Gasteiger partial charge in [-0.25, -0.2) is 4.39 Å². The SMILES string of the molecule is O=C(Cc1ccc(N2CCCC2)cc1)NCc1ccccc1F. The first kappa shape index (κ1) is 15.5. The molecule has 2 aromatic rings. The van der Waals surface area contributed by atoms with Crippen LogP contribution in [0.3, 0.4) is 0 Å². The van der Waals surface area contributed by atoms with Crippen LogP contribution >= 0.6 is 0 Å². The van der Waals surface area contributed by atoms with Crippen molar-refractivity contribution in [1.82, 2.24) is 5.32 Å². The number of nitrogens with one attached hydrogen (secondary N) is 1. The van der Waals surface area contributed by atoms with Gasteiger partial charge in [0, 0.05) is 30.9 Å². The predicted molar refractivity (Wildman–Crippen MR) is 89.8 cm³/mol. The molecule has 0 aliphatic carbocycles. The number of halogens is 1. The Bertz CT molecular complexity index is 663. The van der Waals surface area contributed by atoms with Crippen LogP contribution in [0, 0.1) is 5.82 Å². The summed E-state index contributed by atoms with van der Waals surface area (Å²) >= 11 is 0. The maximum atomic E-state index is 13.5. The quantitative estimate of drug-likeness (QED) is 0.919. The highest BCUT2D eigenvalue weighted by molar-refractivity contribution is 5.78. The number of rotatable bonds is 5. The third kappa shape index (κ3) is 4.09. The van der Waals surface area contributed by atoms with Crippen molar-refractivity contribution in [2.24, 2.45) is 0 Å². The second kappa shape index (κ2) is 7.27. The van der Waals surface area contributed by atoms with E-state index in [1.807, 2.05) is 12.1 Å². The first-order valence-corrected chi connectivity index (χ1v) is 8.06. The van der Waals surface area contributed by atoms with E-state index in [0.717, 1.165) is 18.7 Å². The molecule has 1 fully saturated rings.